The first-order valence-electron chi connectivity index (χ1n) is 9.75. The third kappa shape index (κ3) is 5.19. The average Bonchev–Trinajstić information content (AvgIpc) is 3.23. The van der Waals surface area contributed by atoms with E-state index < -0.39 is 0 Å². The predicted octanol–water partition coefficient (Wildman–Crippen LogP) is 5.24. The van der Waals surface area contributed by atoms with Gasteiger partial charge in [-0.15, -0.1) is 0 Å². The van der Waals surface area contributed by atoms with E-state index in [0.717, 1.165) is 5.56 Å². The van der Waals surface area contributed by atoms with Crippen LogP contribution >= 0.6 is 11.6 Å². The number of hydrogen-bond donors (Lipinski definition) is 1. The molecular formula is C24H23ClN2O3. The molecule has 0 bridgehead atoms. The van der Waals surface area contributed by atoms with Crippen LogP contribution in [0.25, 0.3) is 17.4 Å². The maximum absolute atomic E-state index is 13.0. The van der Waals surface area contributed by atoms with Gasteiger partial charge in [-0.05, 0) is 62.4 Å². The monoisotopic (exact) mass is 422 g/mol. The second kappa shape index (κ2) is 9.94. The number of amides is 2. The van der Waals surface area contributed by atoms with Crippen molar-refractivity contribution in [3.8, 4) is 11.3 Å². The first-order chi connectivity index (χ1) is 14.5. The molecule has 2 aromatic carbocycles. The van der Waals surface area contributed by atoms with Crippen molar-refractivity contribution in [3.05, 3.63) is 88.8 Å². The largest absolute Gasteiger partial charge is 0.457 e. The van der Waals surface area contributed by atoms with E-state index in [1.165, 1.54) is 0 Å². The fourth-order valence-corrected chi connectivity index (χ4v) is 3.08. The molecule has 5 nitrogen and oxygen atoms in total. The number of halogens is 1. The van der Waals surface area contributed by atoms with Crippen LogP contribution < -0.4 is 5.32 Å². The van der Waals surface area contributed by atoms with E-state index in [1.807, 2.05) is 38.1 Å². The molecule has 0 aliphatic rings. The Morgan fingerprint density at radius 2 is 1.63 bits per heavy atom. The zero-order valence-electron chi connectivity index (χ0n) is 16.9. The van der Waals surface area contributed by atoms with E-state index in [1.54, 1.807) is 53.4 Å². The van der Waals surface area contributed by atoms with Crippen LogP contribution in [0.15, 0.2) is 76.8 Å². The summed E-state index contributed by atoms with van der Waals surface area (Å²) in [4.78, 5) is 27.3. The van der Waals surface area contributed by atoms with E-state index in [-0.39, 0.29) is 17.5 Å². The Bertz CT molecular complexity index is 1040. The molecule has 0 unspecified atom stereocenters. The molecule has 1 N–H and O–H groups in total. The van der Waals surface area contributed by atoms with Crippen LogP contribution in [0.5, 0.6) is 0 Å². The summed E-state index contributed by atoms with van der Waals surface area (Å²) < 4.78 is 5.88. The van der Waals surface area contributed by atoms with Crippen molar-refractivity contribution in [2.75, 3.05) is 13.1 Å². The topological polar surface area (TPSA) is 62.6 Å². The van der Waals surface area contributed by atoms with Gasteiger partial charge in [0, 0.05) is 35.3 Å². The Labute approximate surface area is 181 Å². The lowest BCUT2D eigenvalue weighted by atomic mass is 10.2. The zero-order chi connectivity index (χ0) is 21.5. The Morgan fingerprint density at radius 1 is 0.967 bits per heavy atom. The number of carbonyl (C=O) groups is 2. The molecule has 1 aromatic heterocycles. The van der Waals surface area contributed by atoms with Crippen LogP contribution in [0.2, 0.25) is 5.02 Å². The first kappa shape index (κ1) is 21.4. The molecule has 6 heteroatoms. The molecule has 0 aliphatic heterocycles. The fraction of sp³-hybridized carbons (Fsp3) is 0.167. The maximum atomic E-state index is 13.0. The van der Waals surface area contributed by atoms with Crippen molar-refractivity contribution in [1.29, 1.82) is 0 Å². The molecule has 0 radical (unpaired) electrons. The van der Waals surface area contributed by atoms with Crippen molar-refractivity contribution in [2.24, 2.45) is 0 Å². The molecule has 1 heterocycles. The number of nitrogens with zero attached hydrogens (tertiary/aromatic N) is 1. The first-order valence-corrected chi connectivity index (χ1v) is 10.1. The van der Waals surface area contributed by atoms with E-state index in [2.05, 4.69) is 5.32 Å². The molecule has 0 saturated carbocycles. The highest BCUT2D eigenvalue weighted by Crippen LogP contribution is 2.25. The summed E-state index contributed by atoms with van der Waals surface area (Å²) in [7, 11) is 0. The van der Waals surface area contributed by atoms with E-state index >= 15 is 0 Å². The highest BCUT2D eigenvalue weighted by molar-refractivity contribution is 6.30. The van der Waals surface area contributed by atoms with Gasteiger partial charge in [0.05, 0.1) is 0 Å². The zero-order valence-corrected chi connectivity index (χ0v) is 17.6. The Balaban J connectivity index is 1.91. The van der Waals surface area contributed by atoms with Crippen molar-refractivity contribution in [2.45, 2.75) is 13.8 Å². The van der Waals surface area contributed by atoms with E-state index in [4.69, 9.17) is 16.0 Å². The number of furan rings is 1. The van der Waals surface area contributed by atoms with Gasteiger partial charge in [0.1, 0.15) is 17.2 Å². The van der Waals surface area contributed by atoms with Gasteiger partial charge in [0.15, 0.2) is 0 Å². The summed E-state index contributed by atoms with van der Waals surface area (Å²) in [6.07, 6.45) is 1.56. The molecule has 0 fully saturated rings. The SMILES string of the molecule is CCN(CC)C(=O)/C(=C\c1ccc(-c2ccc(Cl)cc2)o1)NC(=O)c1ccccc1. The number of rotatable bonds is 7. The van der Waals surface area contributed by atoms with Crippen LogP contribution in [0.1, 0.15) is 30.0 Å². The summed E-state index contributed by atoms with van der Waals surface area (Å²) in [6.45, 7) is 4.84. The summed E-state index contributed by atoms with van der Waals surface area (Å²) in [5.74, 6) is 0.478. The second-order valence-electron chi connectivity index (χ2n) is 6.56. The van der Waals surface area contributed by atoms with Crippen LogP contribution in [0.3, 0.4) is 0 Å². The molecule has 0 saturated heterocycles. The van der Waals surface area contributed by atoms with Crippen molar-refractivity contribution < 1.29 is 14.0 Å². The minimum absolute atomic E-state index is 0.157. The molecule has 30 heavy (non-hydrogen) atoms. The average molecular weight is 423 g/mol. The van der Waals surface area contributed by atoms with Gasteiger partial charge in [-0.25, -0.2) is 0 Å². The number of benzene rings is 2. The van der Waals surface area contributed by atoms with Crippen LogP contribution in [-0.4, -0.2) is 29.8 Å². The van der Waals surface area contributed by atoms with Crippen LogP contribution in [-0.2, 0) is 4.79 Å². The van der Waals surface area contributed by atoms with Gasteiger partial charge in [-0.1, -0.05) is 29.8 Å². The summed E-state index contributed by atoms with van der Waals surface area (Å²) in [6, 6.07) is 19.6. The third-order valence-electron chi connectivity index (χ3n) is 4.61. The van der Waals surface area contributed by atoms with Crippen molar-refractivity contribution in [1.82, 2.24) is 10.2 Å². The van der Waals surface area contributed by atoms with Gasteiger partial charge >= 0.3 is 0 Å². The quantitative estimate of drug-likeness (QED) is 0.529. The molecule has 0 aliphatic carbocycles. The molecule has 2 amide bonds. The van der Waals surface area contributed by atoms with E-state index in [9.17, 15) is 9.59 Å². The molecular weight excluding hydrogens is 400 g/mol. The lowest BCUT2D eigenvalue weighted by Crippen LogP contribution is -2.38. The number of hydrogen-bond acceptors (Lipinski definition) is 3. The van der Waals surface area contributed by atoms with Crippen LogP contribution in [0, 0.1) is 0 Å². The molecule has 3 aromatic rings. The van der Waals surface area contributed by atoms with Crippen molar-refractivity contribution >= 4 is 29.5 Å². The summed E-state index contributed by atoms with van der Waals surface area (Å²) in [5.41, 5.74) is 1.49. The van der Waals surface area contributed by atoms with Crippen molar-refractivity contribution in [3.63, 3.8) is 0 Å². The van der Waals surface area contributed by atoms with Gasteiger partial charge in [-0.3, -0.25) is 9.59 Å². The summed E-state index contributed by atoms with van der Waals surface area (Å²) in [5, 5.41) is 3.38. The Kier molecular flexibility index (Phi) is 7.09. The highest BCUT2D eigenvalue weighted by atomic mass is 35.5. The van der Waals surface area contributed by atoms with Gasteiger partial charge in [0.25, 0.3) is 11.8 Å². The number of nitrogens with one attached hydrogen (secondary N) is 1. The highest BCUT2D eigenvalue weighted by Gasteiger charge is 2.19. The van der Waals surface area contributed by atoms with Crippen LogP contribution in [0.4, 0.5) is 0 Å². The summed E-state index contributed by atoms with van der Waals surface area (Å²) >= 11 is 5.94. The molecule has 0 atom stereocenters. The molecule has 0 spiro atoms. The molecule has 3 rings (SSSR count). The minimum Gasteiger partial charge on any atom is -0.457 e. The van der Waals surface area contributed by atoms with Gasteiger partial charge < -0.3 is 14.6 Å². The fourth-order valence-electron chi connectivity index (χ4n) is 2.96. The number of carbonyl (C=O) groups excluding carboxylic acids is 2. The second-order valence-corrected chi connectivity index (χ2v) is 7.00. The Hall–Kier alpha value is -3.31. The minimum atomic E-state index is -0.355. The smallest absolute Gasteiger partial charge is 0.270 e. The van der Waals surface area contributed by atoms with Gasteiger partial charge in [0.2, 0.25) is 0 Å². The Morgan fingerprint density at radius 3 is 2.27 bits per heavy atom. The number of likely N-dealkylation sites (N-methyl/N-ethyl adjacent to an activating group) is 1. The van der Waals surface area contributed by atoms with E-state index in [0.29, 0.717) is 35.2 Å². The predicted molar refractivity (Wildman–Crippen MR) is 119 cm³/mol. The maximum Gasteiger partial charge on any atom is 0.270 e. The standard InChI is InChI=1S/C24H23ClN2O3/c1-3-27(4-2)24(29)21(26-23(28)18-8-6-5-7-9-18)16-20-14-15-22(30-20)17-10-12-19(25)13-11-17/h5-16H,3-4H2,1-2H3,(H,26,28)/b21-16+. The third-order valence-corrected chi connectivity index (χ3v) is 4.86. The normalized spacial score (nSPS) is 11.2. The van der Waals surface area contributed by atoms with Gasteiger partial charge in [-0.2, -0.15) is 0 Å². The lowest BCUT2D eigenvalue weighted by molar-refractivity contribution is -0.127. The lowest BCUT2D eigenvalue weighted by Gasteiger charge is -2.20. The molecule has 154 valence electrons.